The van der Waals surface area contributed by atoms with Gasteiger partial charge in [-0.25, -0.2) is 27.7 Å². The molecule has 0 fully saturated rings. The Kier molecular flexibility index (Phi) is 6.26. The number of aliphatic carboxylic acids is 1. The van der Waals surface area contributed by atoms with Crippen molar-refractivity contribution in [2.75, 3.05) is 0 Å². The molecule has 6 rings (SSSR count). The number of benzene rings is 2. The van der Waals surface area contributed by atoms with Crippen molar-refractivity contribution >= 4 is 22.8 Å². The van der Waals surface area contributed by atoms with Crippen molar-refractivity contribution in [3.05, 3.63) is 92.5 Å². The summed E-state index contributed by atoms with van der Waals surface area (Å²) in [5.41, 5.74) is -1.16. The Hall–Kier alpha value is -4.85. The lowest BCUT2D eigenvalue weighted by Crippen LogP contribution is -2.50. The number of carbonyl (C=O) groups is 2. The number of hydrogen-bond donors (Lipinski definition) is 1. The zero-order chi connectivity index (χ0) is 30.1. The molecule has 1 unspecified atom stereocenters. The third-order valence-corrected chi connectivity index (χ3v) is 7.29. The lowest BCUT2D eigenvalue weighted by atomic mass is 9.85. The van der Waals surface area contributed by atoms with E-state index in [2.05, 4.69) is 9.72 Å². The predicted octanol–water partition coefficient (Wildman–Crippen LogP) is 4.29. The van der Waals surface area contributed by atoms with Gasteiger partial charge in [0, 0.05) is 16.5 Å². The van der Waals surface area contributed by atoms with Crippen molar-refractivity contribution in [3.63, 3.8) is 0 Å². The normalized spacial score (nSPS) is 17.8. The van der Waals surface area contributed by atoms with E-state index in [0.717, 1.165) is 5.39 Å². The van der Waals surface area contributed by atoms with Crippen molar-refractivity contribution in [2.45, 2.75) is 38.4 Å². The van der Waals surface area contributed by atoms with Gasteiger partial charge in [-0.05, 0) is 24.6 Å². The fraction of sp³-hybridized carbons (Fsp3) is 0.214. The first kappa shape index (κ1) is 27.3. The highest BCUT2D eigenvalue weighted by Gasteiger charge is 2.51. The van der Waals surface area contributed by atoms with Crippen LogP contribution in [0, 0.1) is 29.1 Å². The molecule has 2 aromatic carbocycles. The van der Waals surface area contributed by atoms with Crippen LogP contribution in [0.1, 0.15) is 30.0 Å². The molecule has 42 heavy (non-hydrogen) atoms. The van der Waals surface area contributed by atoms with E-state index in [0.29, 0.717) is 16.8 Å². The molecule has 2 aromatic heterocycles. The zero-order valence-electron chi connectivity index (χ0n) is 21.3. The van der Waals surface area contributed by atoms with Gasteiger partial charge in [-0.1, -0.05) is 25.1 Å². The molecule has 216 valence electrons. The Labute approximate surface area is 231 Å². The first-order valence-electron chi connectivity index (χ1n) is 12.4. The number of esters is 1. The Morgan fingerprint density at radius 2 is 1.74 bits per heavy atom. The molecule has 4 heterocycles. The van der Waals surface area contributed by atoms with Gasteiger partial charge in [-0.2, -0.15) is 8.78 Å². The van der Waals surface area contributed by atoms with Gasteiger partial charge in [0.2, 0.25) is 34.8 Å². The summed E-state index contributed by atoms with van der Waals surface area (Å²) >= 11 is 0. The largest absolute Gasteiger partial charge is 0.477 e. The number of carboxylic acid groups (broad SMARTS) is 1. The lowest BCUT2D eigenvalue weighted by Gasteiger charge is -2.37. The molecule has 9 nitrogen and oxygen atoms in total. The van der Waals surface area contributed by atoms with Crippen LogP contribution in [0.2, 0.25) is 0 Å². The maximum absolute atomic E-state index is 14.3. The lowest BCUT2D eigenvalue weighted by molar-refractivity contribution is -0.221. The Bertz CT molecular complexity index is 1880. The highest BCUT2D eigenvalue weighted by atomic mass is 19.2. The minimum absolute atomic E-state index is 0.0714. The molecule has 0 radical (unpaired) electrons. The standard InChI is InChI=1S/C28H17F5N2O7/c1-2-28(42-26(25(37)38)41-23-20(32)18(30)17(29)19(31)21(23)33)14-8-16-22-12(7-11-5-3-4-6-15(11)34-22)9-35(16)24(36)13(14)10-40-27(28)39/h3-8,26H,2,9-10H2,1H3,(H,37,38)/t26?,28-/m0/s1. The van der Waals surface area contributed by atoms with E-state index < -0.39 is 70.8 Å². The van der Waals surface area contributed by atoms with Gasteiger partial charge >= 0.3 is 18.2 Å². The third-order valence-electron chi connectivity index (χ3n) is 7.29. The molecular formula is C28H17F5N2O7. The fourth-order valence-corrected chi connectivity index (χ4v) is 5.21. The first-order chi connectivity index (χ1) is 20.0. The molecule has 2 aliphatic rings. The van der Waals surface area contributed by atoms with Crippen LogP contribution in [0.15, 0.2) is 41.2 Å². The molecule has 2 aliphatic heterocycles. The minimum Gasteiger partial charge on any atom is -0.477 e. The van der Waals surface area contributed by atoms with E-state index >= 15 is 0 Å². The van der Waals surface area contributed by atoms with E-state index in [1.165, 1.54) is 17.6 Å². The summed E-state index contributed by atoms with van der Waals surface area (Å²) in [7, 11) is 0. The van der Waals surface area contributed by atoms with Gasteiger partial charge in [0.15, 0.2) is 5.60 Å². The molecule has 0 saturated heterocycles. The van der Waals surface area contributed by atoms with E-state index in [9.17, 15) is 41.4 Å². The number of halogens is 5. The molecule has 0 bridgehead atoms. The summed E-state index contributed by atoms with van der Waals surface area (Å²) < 4.78 is 86.4. The Balaban J connectivity index is 1.49. The maximum Gasteiger partial charge on any atom is 0.373 e. The fourth-order valence-electron chi connectivity index (χ4n) is 5.21. The monoisotopic (exact) mass is 588 g/mol. The maximum atomic E-state index is 14.3. The average Bonchev–Trinajstić information content (AvgIpc) is 3.34. The molecule has 0 spiro atoms. The number of pyridine rings is 2. The zero-order valence-corrected chi connectivity index (χ0v) is 21.3. The van der Waals surface area contributed by atoms with Gasteiger partial charge in [0.05, 0.1) is 29.0 Å². The predicted molar refractivity (Wildman–Crippen MR) is 132 cm³/mol. The molecule has 1 N–H and O–H groups in total. The average molecular weight is 588 g/mol. The smallest absolute Gasteiger partial charge is 0.373 e. The number of nitrogens with zero attached hydrogens (tertiary/aromatic N) is 2. The minimum atomic E-state index is -2.79. The summed E-state index contributed by atoms with van der Waals surface area (Å²) in [5.74, 6) is -17.4. The van der Waals surface area contributed by atoms with Crippen LogP contribution < -0.4 is 10.3 Å². The number of fused-ring (bicyclic) bond motifs is 5. The van der Waals surface area contributed by atoms with Gasteiger partial charge in [0.25, 0.3) is 5.56 Å². The number of carboxylic acids is 1. The van der Waals surface area contributed by atoms with Crippen LogP contribution in [0.25, 0.3) is 22.3 Å². The number of para-hydroxylation sites is 1. The van der Waals surface area contributed by atoms with Crippen LogP contribution in [0.4, 0.5) is 22.0 Å². The van der Waals surface area contributed by atoms with Crippen molar-refractivity contribution < 1.29 is 50.9 Å². The van der Waals surface area contributed by atoms with E-state index in [-0.39, 0.29) is 29.8 Å². The van der Waals surface area contributed by atoms with Crippen LogP contribution >= 0.6 is 0 Å². The number of hydrogen-bond acceptors (Lipinski definition) is 7. The van der Waals surface area contributed by atoms with Crippen LogP contribution in [0.5, 0.6) is 5.75 Å². The summed E-state index contributed by atoms with van der Waals surface area (Å²) in [4.78, 5) is 43.5. The van der Waals surface area contributed by atoms with Crippen LogP contribution in [-0.4, -0.2) is 32.9 Å². The van der Waals surface area contributed by atoms with Crippen LogP contribution in [-0.2, 0) is 37.8 Å². The van der Waals surface area contributed by atoms with Gasteiger partial charge in [-0.3, -0.25) is 4.79 Å². The van der Waals surface area contributed by atoms with Crippen molar-refractivity contribution in [3.8, 4) is 17.1 Å². The van der Waals surface area contributed by atoms with E-state index in [4.69, 9.17) is 9.47 Å². The topological polar surface area (TPSA) is 117 Å². The third kappa shape index (κ3) is 3.85. The van der Waals surface area contributed by atoms with Crippen molar-refractivity contribution in [1.82, 2.24) is 9.55 Å². The SMILES string of the molecule is CC[C@@]1(OC(Oc2c(F)c(F)c(F)c(F)c2F)C(=O)O)C(=O)OCc2c1cc1n(c2=O)Cc2cc3ccccc3nc2-1. The summed E-state index contributed by atoms with van der Waals surface area (Å²) in [6.45, 7) is 1.02. The van der Waals surface area contributed by atoms with Crippen LogP contribution in [0.3, 0.4) is 0 Å². The second kappa shape index (κ2) is 9.62. The molecule has 14 heteroatoms. The second-order valence-corrected chi connectivity index (χ2v) is 9.56. The number of aromatic nitrogens is 2. The molecule has 0 saturated carbocycles. The van der Waals surface area contributed by atoms with E-state index in [1.54, 1.807) is 12.1 Å². The molecule has 2 atom stereocenters. The number of carbonyl (C=O) groups excluding carboxylic acids is 1. The summed E-state index contributed by atoms with van der Waals surface area (Å²) in [5, 5.41) is 10.6. The molecule has 0 amide bonds. The van der Waals surface area contributed by atoms with Crippen molar-refractivity contribution in [2.24, 2.45) is 0 Å². The highest BCUT2D eigenvalue weighted by Crippen LogP contribution is 2.42. The van der Waals surface area contributed by atoms with Gasteiger partial charge in [-0.15, -0.1) is 0 Å². The van der Waals surface area contributed by atoms with Crippen molar-refractivity contribution in [1.29, 1.82) is 0 Å². The molecular weight excluding hydrogens is 571 g/mol. The van der Waals surface area contributed by atoms with Gasteiger partial charge < -0.3 is 23.9 Å². The number of cyclic esters (lactones) is 1. The molecule has 0 aliphatic carbocycles. The Morgan fingerprint density at radius 1 is 1.07 bits per heavy atom. The number of rotatable bonds is 6. The first-order valence-corrected chi connectivity index (χ1v) is 12.4. The number of ether oxygens (including phenoxy) is 3. The summed E-state index contributed by atoms with van der Waals surface area (Å²) in [6.07, 6.45) is -3.17. The molecule has 4 aromatic rings. The highest BCUT2D eigenvalue weighted by molar-refractivity contribution is 5.87. The van der Waals surface area contributed by atoms with Gasteiger partial charge in [0.1, 0.15) is 6.61 Å². The quantitative estimate of drug-likeness (QED) is 0.103. The Morgan fingerprint density at radius 3 is 2.40 bits per heavy atom. The van der Waals surface area contributed by atoms with E-state index in [1.807, 2.05) is 18.2 Å². The summed E-state index contributed by atoms with van der Waals surface area (Å²) in [6, 6.07) is 10.5. The second-order valence-electron chi connectivity index (χ2n) is 9.56.